The van der Waals surface area contributed by atoms with Crippen LogP contribution >= 0.6 is 24.0 Å². The van der Waals surface area contributed by atoms with Crippen LogP contribution in [0.2, 0.25) is 0 Å². The Morgan fingerprint density at radius 3 is 2.71 bits per heavy atom. The Balaban J connectivity index is 1.77. The molecule has 2 amide bonds. The second-order valence-corrected chi connectivity index (χ2v) is 6.43. The smallest absolute Gasteiger partial charge is 0.267 e. The summed E-state index contributed by atoms with van der Waals surface area (Å²) in [5.74, 6) is -1.28. The van der Waals surface area contributed by atoms with Crippen molar-refractivity contribution in [1.29, 1.82) is 0 Å². The van der Waals surface area contributed by atoms with Gasteiger partial charge in [0.05, 0.1) is 10.5 Å². The maximum absolute atomic E-state index is 12.9. The Kier molecular flexibility index (Phi) is 4.68. The minimum atomic E-state index is -0.484. The lowest BCUT2D eigenvalue weighted by atomic mass is 10.2. The van der Waals surface area contributed by atoms with E-state index in [-0.39, 0.29) is 10.1 Å². The van der Waals surface area contributed by atoms with Crippen molar-refractivity contribution in [2.45, 2.75) is 0 Å². The summed E-state index contributed by atoms with van der Waals surface area (Å²) in [5.41, 5.74) is 3.44. The van der Waals surface area contributed by atoms with Gasteiger partial charge in [0.25, 0.3) is 11.8 Å². The van der Waals surface area contributed by atoms with Crippen LogP contribution in [0.3, 0.4) is 0 Å². The fraction of sp³-hybridized carbons (Fsp3) is 0. The number of hydrogen-bond acceptors (Lipinski definition) is 5. The highest BCUT2D eigenvalue weighted by atomic mass is 32.2. The average Bonchev–Trinajstić information content (AvgIpc) is 2.85. The molecule has 8 heteroatoms. The normalized spacial score (nSPS) is 15.9. The molecule has 1 saturated heterocycles. The third-order valence-electron chi connectivity index (χ3n) is 3.10. The van der Waals surface area contributed by atoms with Crippen LogP contribution in [-0.2, 0) is 4.79 Å². The van der Waals surface area contributed by atoms with E-state index in [2.05, 4.69) is 10.4 Å². The van der Waals surface area contributed by atoms with Crippen molar-refractivity contribution in [3.8, 4) is 0 Å². The molecule has 1 fully saturated rings. The van der Waals surface area contributed by atoms with Gasteiger partial charge in [-0.3, -0.25) is 20.0 Å². The van der Waals surface area contributed by atoms with E-state index in [1.54, 1.807) is 36.5 Å². The quantitative estimate of drug-likeness (QED) is 0.674. The third-order valence-corrected chi connectivity index (χ3v) is 4.40. The Morgan fingerprint density at radius 2 is 2.04 bits per heavy atom. The summed E-state index contributed by atoms with van der Waals surface area (Å²) in [7, 11) is 0. The standard InChI is InChI=1S/C16H10FN3O2S2/c17-12-5-3-10(4-6-12)8-13-15(22)20(16(23)24-13)19-14(21)11-2-1-7-18-9-11/h1-9H,(H,19,21). The molecule has 2 heterocycles. The number of hydrazine groups is 1. The number of nitrogens with zero attached hydrogens (tertiary/aromatic N) is 2. The number of thiocarbonyl (C=S) groups is 1. The minimum absolute atomic E-state index is 0.214. The molecule has 1 aliphatic heterocycles. The molecule has 1 aromatic carbocycles. The first-order chi connectivity index (χ1) is 11.5. The summed E-state index contributed by atoms with van der Waals surface area (Å²) in [6.07, 6.45) is 4.53. The molecule has 1 N–H and O–H groups in total. The largest absolute Gasteiger partial charge is 0.285 e. The van der Waals surface area contributed by atoms with Gasteiger partial charge < -0.3 is 0 Å². The predicted molar refractivity (Wildman–Crippen MR) is 93.1 cm³/mol. The molecule has 3 rings (SSSR count). The minimum Gasteiger partial charge on any atom is -0.267 e. The lowest BCUT2D eigenvalue weighted by Crippen LogP contribution is -2.44. The first-order valence-electron chi connectivity index (χ1n) is 6.79. The number of rotatable bonds is 3. The zero-order valence-corrected chi connectivity index (χ0v) is 13.7. The van der Waals surface area contributed by atoms with E-state index < -0.39 is 11.8 Å². The lowest BCUT2D eigenvalue weighted by molar-refractivity contribution is -0.123. The van der Waals surface area contributed by atoms with E-state index >= 15 is 0 Å². The summed E-state index contributed by atoms with van der Waals surface area (Å²) >= 11 is 6.20. The number of nitrogens with one attached hydrogen (secondary N) is 1. The van der Waals surface area contributed by atoms with Gasteiger partial charge in [0.2, 0.25) is 0 Å². The Hall–Kier alpha value is -2.58. The number of aromatic nitrogens is 1. The molecule has 0 saturated carbocycles. The molecular weight excluding hydrogens is 349 g/mol. The number of halogens is 1. The number of carbonyl (C=O) groups is 2. The van der Waals surface area contributed by atoms with Crippen molar-refractivity contribution in [2.75, 3.05) is 0 Å². The van der Waals surface area contributed by atoms with Crippen LogP contribution in [-0.4, -0.2) is 26.1 Å². The van der Waals surface area contributed by atoms with E-state index in [4.69, 9.17) is 12.2 Å². The van der Waals surface area contributed by atoms with Gasteiger partial charge in [-0.1, -0.05) is 23.9 Å². The van der Waals surface area contributed by atoms with Gasteiger partial charge in [0.15, 0.2) is 4.32 Å². The molecule has 5 nitrogen and oxygen atoms in total. The second-order valence-electron chi connectivity index (χ2n) is 4.75. The van der Waals surface area contributed by atoms with Gasteiger partial charge in [-0.05, 0) is 48.1 Å². The molecule has 0 aliphatic carbocycles. The third kappa shape index (κ3) is 3.50. The summed E-state index contributed by atoms with van der Waals surface area (Å²) < 4.78 is 13.1. The van der Waals surface area contributed by atoms with Crippen LogP contribution < -0.4 is 5.43 Å². The van der Waals surface area contributed by atoms with Crippen LogP contribution in [0.25, 0.3) is 6.08 Å². The van der Waals surface area contributed by atoms with Gasteiger partial charge in [-0.2, -0.15) is 5.01 Å². The lowest BCUT2D eigenvalue weighted by Gasteiger charge is -2.15. The maximum Gasteiger partial charge on any atom is 0.285 e. The Morgan fingerprint density at radius 1 is 1.29 bits per heavy atom. The molecule has 0 radical (unpaired) electrons. The van der Waals surface area contributed by atoms with E-state index in [1.165, 1.54) is 18.3 Å². The average molecular weight is 359 g/mol. The molecular formula is C16H10FN3O2S2. The van der Waals surface area contributed by atoms with Crippen molar-refractivity contribution >= 4 is 46.2 Å². The topological polar surface area (TPSA) is 62.3 Å². The number of amides is 2. The zero-order valence-electron chi connectivity index (χ0n) is 12.1. The second kappa shape index (κ2) is 6.90. The fourth-order valence-corrected chi connectivity index (χ4v) is 3.12. The molecule has 0 atom stereocenters. The van der Waals surface area contributed by atoms with Crippen molar-refractivity contribution in [1.82, 2.24) is 15.4 Å². The molecule has 1 aromatic heterocycles. The highest BCUT2D eigenvalue weighted by molar-refractivity contribution is 8.26. The van der Waals surface area contributed by atoms with Crippen LogP contribution in [0.1, 0.15) is 15.9 Å². The summed E-state index contributed by atoms with van der Waals surface area (Å²) in [5, 5.41) is 1.02. The Labute approximate surface area is 146 Å². The van der Waals surface area contributed by atoms with E-state index in [0.29, 0.717) is 16.0 Å². The number of carbonyl (C=O) groups excluding carboxylic acids is 2. The first-order valence-corrected chi connectivity index (χ1v) is 8.01. The molecule has 24 heavy (non-hydrogen) atoms. The number of hydrogen-bond donors (Lipinski definition) is 1. The molecule has 1 aliphatic rings. The van der Waals surface area contributed by atoms with E-state index in [0.717, 1.165) is 16.8 Å². The highest BCUT2D eigenvalue weighted by Gasteiger charge is 2.33. The fourth-order valence-electron chi connectivity index (χ4n) is 1.94. The highest BCUT2D eigenvalue weighted by Crippen LogP contribution is 2.31. The molecule has 120 valence electrons. The van der Waals surface area contributed by atoms with E-state index in [9.17, 15) is 14.0 Å². The van der Waals surface area contributed by atoms with Crippen molar-refractivity contribution in [2.24, 2.45) is 0 Å². The summed E-state index contributed by atoms with van der Waals surface area (Å²) in [6.45, 7) is 0. The molecule has 0 unspecified atom stereocenters. The van der Waals surface area contributed by atoms with Gasteiger partial charge in [0.1, 0.15) is 5.82 Å². The van der Waals surface area contributed by atoms with Crippen molar-refractivity contribution < 1.29 is 14.0 Å². The Bertz CT molecular complexity index is 838. The number of benzene rings is 1. The molecule has 0 spiro atoms. The van der Waals surface area contributed by atoms with Crippen LogP contribution in [0, 0.1) is 5.82 Å². The summed E-state index contributed by atoms with van der Waals surface area (Å²) in [6, 6.07) is 8.90. The summed E-state index contributed by atoms with van der Waals surface area (Å²) in [4.78, 5) is 28.7. The van der Waals surface area contributed by atoms with Gasteiger partial charge >= 0.3 is 0 Å². The molecule has 0 bridgehead atoms. The van der Waals surface area contributed by atoms with Gasteiger partial charge in [-0.15, -0.1) is 0 Å². The predicted octanol–water partition coefficient (Wildman–Crippen LogP) is 2.77. The van der Waals surface area contributed by atoms with Gasteiger partial charge in [-0.25, -0.2) is 4.39 Å². The zero-order chi connectivity index (χ0) is 17.1. The van der Waals surface area contributed by atoms with Gasteiger partial charge in [0, 0.05) is 12.4 Å². The van der Waals surface area contributed by atoms with E-state index in [1.807, 2.05) is 0 Å². The van der Waals surface area contributed by atoms with Crippen LogP contribution in [0.15, 0.2) is 53.7 Å². The van der Waals surface area contributed by atoms with Crippen molar-refractivity contribution in [3.63, 3.8) is 0 Å². The van der Waals surface area contributed by atoms with Crippen molar-refractivity contribution in [3.05, 3.63) is 70.6 Å². The molecule has 2 aromatic rings. The van der Waals surface area contributed by atoms with Crippen LogP contribution in [0.5, 0.6) is 0 Å². The maximum atomic E-state index is 12.9. The first kappa shape index (κ1) is 16.3. The number of pyridine rings is 1. The SMILES string of the molecule is O=C(NN1C(=O)C(=Cc2ccc(F)cc2)SC1=S)c1cccnc1. The van der Waals surface area contributed by atoms with Crippen LogP contribution in [0.4, 0.5) is 4.39 Å². The number of thioether (sulfide) groups is 1. The monoisotopic (exact) mass is 359 g/mol.